The monoisotopic (exact) mass is 219 g/mol. The Morgan fingerprint density at radius 2 is 2.25 bits per heavy atom. The van der Waals surface area contributed by atoms with E-state index in [9.17, 15) is 4.79 Å². The Morgan fingerprint density at radius 1 is 1.50 bits per heavy atom. The third kappa shape index (κ3) is 2.05. The fourth-order valence-electron chi connectivity index (χ4n) is 1.68. The molecule has 0 saturated carbocycles. The highest BCUT2D eigenvalue weighted by Crippen LogP contribution is 2.20. The molecule has 0 spiro atoms. The van der Waals surface area contributed by atoms with Crippen molar-refractivity contribution in [1.82, 2.24) is 0 Å². The summed E-state index contributed by atoms with van der Waals surface area (Å²) in [5.41, 5.74) is 1.49. The third-order valence-electron chi connectivity index (χ3n) is 2.60. The van der Waals surface area contributed by atoms with Crippen molar-refractivity contribution in [2.45, 2.75) is 20.3 Å². The highest BCUT2D eigenvalue weighted by molar-refractivity contribution is 6.12. The molecule has 1 N–H and O–H groups in total. The van der Waals surface area contributed by atoms with E-state index >= 15 is 0 Å². The maximum atomic E-state index is 11.6. The van der Waals surface area contributed by atoms with Crippen LogP contribution in [0.25, 0.3) is 0 Å². The fourth-order valence-corrected chi connectivity index (χ4v) is 1.68. The molecule has 2 rings (SSSR count). The Balaban J connectivity index is 2.21. The lowest BCUT2D eigenvalue weighted by atomic mass is 9.94. The predicted octanol–water partition coefficient (Wildman–Crippen LogP) is 2.09. The van der Waals surface area contributed by atoms with Crippen LogP contribution in [0.4, 0.5) is 0 Å². The number of aromatic hydroxyl groups is 1. The highest BCUT2D eigenvalue weighted by atomic mass is 16.5. The topological polar surface area (TPSA) is 62.8 Å². The maximum Gasteiger partial charge on any atom is 0.281 e. The number of carbonyl (C=O) groups excluding carboxylic acids is 1. The van der Waals surface area contributed by atoms with Crippen LogP contribution in [0, 0.1) is 5.92 Å². The molecule has 4 heteroatoms. The number of ketones is 1. The summed E-state index contributed by atoms with van der Waals surface area (Å²) in [6.07, 6.45) is 2.01. The van der Waals surface area contributed by atoms with Crippen molar-refractivity contribution in [3.8, 4) is 5.95 Å². The summed E-state index contributed by atoms with van der Waals surface area (Å²) in [5, 5.41) is 9.07. The highest BCUT2D eigenvalue weighted by Gasteiger charge is 2.22. The molecular weight excluding hydrogens is 206 g/mol. The average molecular weight is 219 g/mol. The molecule has 4 nitrogen and oxygen atoms in total. The van der Waals surface area contributed by atoms with Gasteiger partial charge in [-0.1, -0.05) is 0 Å². The number of furan rings is 1. The van der Waals surface area contributed by atoms with Crippen LogP contribution in [0.3, 0.4) is 0 Å². The van der Waals surface area contributed by atoms with Crippen LogP contribution >= 0.6 is 0 Å². The van der Waals surface area contributed by atoms with Crippen molar-refractivity contribution in [3.05, 3.63) is 29.7 Å². The van der Waals surface area contributed by atoms with Gasteiger partial charge in [-0.3, -0.25) is 9.79 Å². The van der Waals surface area contributed by atoms with Gasteiger partial charge in [0.25, 0.3) is 5.95 Å². The van der Waals surface area contributed by atoms with E-state index in [1.807, 2.05) is 6.92 Å². The van der Waals surface area contributed by atoms with Crippen LogP contribution in [0.1, 0.15) is 19.6 Å². The molecule has 0 amide bonds. The summed E-state index contributed by atoms with van der Waals surface area (Å²) < 4.78 is 5.05. The first-order valence-electron chi connectivity index (χ1n) is 5.13. The zero-order valence-electron chi connectivity index (χ0n) is 9.23. The van der Waals surface area contributed by atoms with Gasteiger partial charge < -0.3 is 9.52 Å². The third-order valence-corrected chi connectivity index (χ3v) is 2.60. The normalized spacial score (nSPS) is 20.6. The molecule has 1 aromatic heterocycles. The van der Waals surface area contributed by atoms with Crippen molar-refractivity contribution >= 4 is 11.5 Å². The van der Waals surface area contributed by atoms with Gasteiger partial charge in [0.15, 0.2) is 5.78 Å². The largest absolute Gasteiger partial charge is 0.481 e. The van der Waals surface area contributed by atoms with E-state index in [4.69, 9.17) is 9.52 Å². The van der Waals surface area contributed by atoms with E-state index in [-0.39, 0.29) is 17.6 Å². The van der Waals surface area contributed by atoms with Crippen molar-refractivity contribution in [1.29, 1.82) is 0 Å². The van der Waals surface area contributed by atoms with Gasteiger partial charge in [-0.05, 0) is 19.9 Å². The molecule has 16 heavy (non-hydrogen) atoms. The Kier molecular flexibility index (Phi) is 2.64. The lowest BCUT2D eigenvalue weighted by molar-refractivity contribution is -0.116. The molecule has 0 aliphatic carbocycles. The molecule has 1 atom stereocenters. The van der Waals surface area contributed by atoms with Gasteiger partial charge in [0.05, 0.1) is 5.92 Å². The second-order valence-corrected chi connectivity index (χ2v) is 3.93. The summed E-state index contributed by atoms with van der Waals surface area (Å²) >= 11 is 0. The van der Waals surface area contributed by atoms with Crippen LogP contribution in [0.2, 0.25) is 0 Å². The molecule has 2 heterocycles. The van der Waals surface area contributed by atoms with E-state index in [0.29, 0.717) is 17.9 Å². The number of rotatable bonds is 2. The summed E-state index contributed by atoms with van der Waals surface area (Å²) in [6, 6.07) is 3.16. The molecule has 1 aromatic rings. The predicted molar refractivity (Wildman–Crippen MR) is 59.4 cm³/mol. The van der Waals surface area contributed by atoms with Gasteiger partial charge in [0.1, 0.15) is 5.76 Å². The SMILES string of the molecule is CC1=CC(=O)C(C)C(Cc2ccc(O)o2)=N1. The fraction of sp³-hybridized carbons (Fsp3) is 0.333. The van der Waals surface area contributed by atoms with Crippen LogP contribution in [0.5, 0.6) is 5.95 Å². The van der Waals surface area contributed by atoms with Gasteiger partial charge in [-0.25, -0.2) is 0 Å². The molecule has 1 aliphatic rings. The zero-order valence-corrected chi connectivity index (χ0v) is 9.23. The van der Waals surface area contributed by atoms with Crippen molar-refractivity contribution in [2.24, 2.45) is 10.9 Å². The number of aliphatic imine (C=N–C) groups is 1. The minimum Gasteiger partial charge on any atom is -0.481 e. The summed E-state index contributed by atoms with van der Waals surface area (Å²) in [5.74, 6) is 0.359. The van der Waals surface area contributed by atoms with Crippen molar-refractivity contribution in [3.63, 3.8) is 0 Å². The second kappa shape index (κ2) is 3.96. The first kappa shape index (κ1) is 10.7. The summed E-state index contributed by atoms with van der Waals surface area (Å²) in [7, 11) is 0. The van der Waals surface area contributed by atoms with Crippen LogP contribution in [0.15, 0.2) is 33.3 Å². The maximum absolute atomic E-state index is 11.6. The number of allylic oxidation sites excluding steroid dienone is 2. The number of hydrogen-bond donors (Lipinski definition) is 1. The van der Waals surface area contributed by atoms with Crippen molar-refractivity contribution in [2.75, 3.05) is 0 Å². The van der Waals surface area contributed by atoms with Gasteiger partial charge in [-0.15, -0.1) is 0 Å². The first-order valence-corrected chi connectivity index (χ1v) is 5.13. The molecule has 1 aliphatic heterocycles. The molecule has 0 radical (unpaired) electrons. The first-order chi connectivity index (χ1) is 7.56. The van der Waals surface area contributed by atoms with Crippen LogP contribution in [-0.4, -0.2) is 16.6 Å². The Bertz CT molecular complexity index is 482. The van der Waals surface area contributed by atoms with E-state index < -0.39 is 0 Å². The van der Waals surface area contributed by atoms with Crippen LogP contribution < -0.4 is 0 Å². The van der Waals surface area contributed by atoms with E-state index in [1.165, 1.54) is 6.07 Å². The molecule has 84 valence electrons. The zero-order chi connectivity index (χ0) is 11.7. The average Bonchev–Trinajstić information content (AvgIpc) is 2.60. The van der Waals surface area contributed by atoms with Crippen LogP contribution in [-0.2, 0) is 11.2 Å². The number of hydrogen-bond acceptors (Lipinski definition) is 4. The quantitative estimate of drug-likeness (QED) is 0.828. The van der Waals surface area contributed by atoms with Gasteiger partial charge in [0, 0.05) is 30.0 Å². The van der Waals surface area contributed by atoms with Gasteiger partial charge >= 0.3 is 0 Å². The molecule has 0 bridgehead atoms. The molecule has 0 aromatic carbocycles. The lowest BCUT2D eigenvalue weighted by Gasteiger charge is -2.15. The van der Waals surface area contributed by atoms with E-state index in [0.717, 1.165) is 5.71 Å². The molecule has 0 saturated heterocycles. The Morgan fingerprint density at radius 3 is 2.88 bits per heavy atom. The van der Waals surface area contributed by atoms with Gasteiger partial charge in [0.2, 0.25) is 0 Å². The Hall–Kier alpha value is -1.84. The lowest BCUT2D eigenvalue weighted by Crippen LogP contribution is -2.24. The number of nitrogens with zero attached hydrogens (tertiary/aromatic N) is 1. The summed E-state index contributed by atoms with van der Waals surface area (Å²) in [4.78, 5) is 15.9. The second-order valence-electron chi connectivity index (χ2n) is 3.93. The van der Waals surface area contributed by atoms with E-state index in [2.05, 4.69) is 4.99 Å². The summed E-state index contributed by atoms with van der Waals surface area (Å²) in [6.45, 7) is 3.62. The van der Waals surface area contributed by atoms with E-state index in [1.54, 1.807) is 19.1 Å². The van der Waals surface area contributed by atoms with Crippen molar-refractivity contribution < 1.29 is 14.3 Å². The van der Waals surface area contributed by atoms with Gasteiger partial charge in [-0.2, -0.15) is 0 Å². The minimum atomic E-state index is -0.212. The standard InChI is InChI=1S/C12H13NO3/c1-7-5-11(14)8(2)10(13-7)6-9-3-4-12(15)16-9/h3-5,8,15H,6H2,1-2H3. The molecule has 0 fully saturated rings. The minimum absolute atomic E-state index is 0.0679. The smallest absolute Gasteiger partial charge is 0.281 e. The molecule has 1 unspecified atom stereocenters. The molecular formula is C12H13NO3. The number of carbonyl (C=O) groups is 1. The Labute approximate surface area is 93.3 Å².